The number of hydrogen-bond donors (Lipinski definition) is 0. The Kier molecular flexibility index (Phi) is 9.32. The molecule has 2 aromatic rings. The molecule has 1 nitrogen and oxygen atoms in total. The van der Waals surface area contributed by atoms with Gasteiger partial charge in [0.1, 0.15) is 5.01 Å². The second kappa shape index (κ2) is 11.3. The first-order valence-electron chi connectivity index (χ1n) is 8.94. The molecule has 2 rings (SSSR count). The van der Waals surface area contributed by atoms with Crippen molar-refractivity contribution >= 4 is 34.4 Å². The average molecular weight is 368 g/mol. The zero-order chi connectivity index (χ0) is 16.3. The molecular formula is C19H29NS3. The summed E-state index contributed by atoms with van der Waals surface area (Å²) in [6, 6.07) is 2.32. The molecule has 0 N–H and O–H groups in total. The molecule has 0 bridgehead atoms. The number of thiazole rings is 1. The van der Waals surface area contributed by atoms with Crippen molar-refractivity contribution in [3.8, 4) is 9.88 Å². The predicted molar refractivity (Wildman–Crippen MR) is 108 cm³/mol. The van der Waals surface area contributed by atoms with Crippen LogP contribution in [0.25, 0.3) is 9.88 Å². The van der Waals surface area contributed by atoms with Crippen molar-refractivity contribution in [3.63, 3.8) is 0 Å². The summed E-state index contributed by atoms with van der Waals surface area (Å²) in [7, 11) is 0. The summed E-state index contributed by atoms with van der Waals surface area (Å²) in [5, 5.41) is 5.51. The minimum atomic E-state index is 0.889. The summed E-state index contributed by atoms with van der Waals surface area (Å²) in [5.41, 5.74) is 0. The van der Waals surface area contributed by atoms with E-state index in [9.17, 15) is 0 Å². The summed E-state index contributed by atoms with van der Waals surface area (Å²) in [6.07, 6.45) is 13.0. The van der Waals surface area contributed by atoms with Crippen LogP contribution in [0.4, 0.5) is 0 Å². The zero-order valence-corrected chi connectivity index (χ0v) is 16.9. The van der Waals surface area contributed by atoms with Crippen molar-refractivity contribution in [1.82, 2.24) is 4.98 Å². The Balaban J connectivity index is 1.79. The molecule has 0 aliphatic rings. The van der Waals surface area contributed by atoms with Crippen LogP contribution in [0.3, 0.4) is 0 Å². The molecule has 0 radical (unpaired) electrons. The third-order valence-electron chi connectivity index (χ3n) is 4.14. The molecule has 0 fully saturated rings. The summed E-state index contributed by atoms with van der Waals surface area (Å²) in [5.74, 6) is 2.17. The van der Waals surface area contributed by atoms with Crippen LogP contribution in [0.15, 0.2) is 27.9 Å². The molecule has 0 aliphatic heterocycles. The van der Waals surface area contributed by atoms with Crippen LogP contribution in [0, 0.1) is 5.92 Å². The predicted octanol–water partition coefficient (Wildman–Crippen LogP) is 7.74. The molecule has 4 heteroatoms. The summed E-state index contributed by atoms with van der Waals surface area (Å²) >= 11 is 5.61. The fraction of sp³-hybridized carbons (Fsp3) is 0.632. The van der Waals surface area contributed by atoms with E-state index in [0.717, 1.165) is 10.9 Å². The van der Waals surface area contributed by atoms with Gasteiger partial charge >= 0.3 is 0 Å². The highest BCUT2D eigenvalue weighted by Gasteiger charge is 2.11. The first-order valence-corrected chi connectivity index (χ1v) is 11.7. The summed E-state index contributed by atoms with van der Waals surface area (Å²) < 4.78 is 0. The first-order chi connectivity index (χ1) is 11.3. The average Bonchev–Trinajstić information content (AvgIpc) is 3.24. The molecule has 0 saturated heterocycles. The van der Waals surface area contributed by atoms with Gasteiger partial charge in [0.15, 0.2) is 0 Å². The van der Waals surface area contributed by atoms with Crippen LogP contribution >= 0.6 is 34.4 Å². The van der Waals surface area contributed by atoms with Gasteiger partial charge in [0.05, 0.1) is 4.88 Å². The van der Waals surface area contributed by atoms with Gasteiger partial charge in [-0.3, -0.25) is 0 Å². The Bertz CT molecular complexity index is 518. The molecule has 1 atom stereocenters. The largest absolute Gasteiger partial charge is 0.244 e. The molecule has 0 aliphatic carbocycles. The van der Waals surface area contributed by atoms with Crippen LogP contribution in [-0.4, -0.2) is 10.7 Å². The Morgan fingerprint density at radius 2 is 1.87 bits per heavy atom. The third kappa shape index (κ3) is 6.98. The lowest BCUT2D eigenvalue weighted by Crippen LogP contribution is -2.04. The van der Waals surface area contributed by atoms with E-state index in [-0.39, 0.29) is 0 Å². The molecule has 0 amide bonds. The van der Waals surface area contributed by atoms with E-state index >= 15 is 0 Å². The lowest BCUT2D eigenvalue weighted by molar-refractivity contribution is 0.451. The van der Waals surface area contributed by atoms with Crippen LogP contribution in [0.2, 0.25) is 0 Å². The van der Waals surface area contributed by atoms with E-state index in [4.69, 9.17) is 0 Å². The van der Waals surface area contributed by atoms with E-state index in [1.165, 1.54) is 66.9 Å². The molecule has 128 valence electrons. The minimum Gasteiger partial charge on any atom is -0.244 e. The van der Waals surface area contributed by atoms with E-state index < -0.39 is 0 Å². The highest BCUT2D eigenvalue weighted by Crippen LogP contribution is 2.35. The number of nitrogens with zero attached hydrogens (tertiary/aromatic N) is 1. The Hall–Kier alpha value is -0.320. The van der Waals surface area contributed by atoms with Crippen molar-refractivity contribution < 1.29 is 0 Å². The van der Waals surface area contributed by atoms with Gasteiger partial charge in [-0.2, -0.15) is 0 Å². The molecule has 2 heterocycles. The van der Waals surface area contributed by atoms with Gasteiger partial charge in [-0.05, 0) is 24.8 Å². The van der Waals surface area contributed by atoms with Crippen molar-refractivity contribution in [2.75, 3.05) is 5.75 Å². The van der Waals surface area contributed by atoms with E-state index in [1.807, 2.05) is 29.3 Å². The maximum Gasteiger partial charge on any atom is 0.133 e. The zero-order valence-electron chi connectivity index (χ0n) is 14.4. The van der Waals surface area contributed by atoms with Gasteiger partial charge in [-0.25, -0.2) is 4.98 Å². The Morgan fingerprint density at radius 3 is 2.61 bits per heavy atom. The first kappa shape index (κ1) is 19.0. The molecule has 0 aromatic carbocycles. The fourth-order valence-corrected chi connectivity index (χ4v) is 5.68. The van der Waals surface area contributed by atoms with Gasteiger partial charge in [-0.1, -0.05) is 52.4 Å². The maximum atomic E-state index is 4.41. The summed E-state index contributed by atoms with van der Waals surface area (Å²) in [6.45, 7) is 4.60. The van der Waals surface area contributed by atoms with Gasteiger partial charge < -0.3 is 0 Å². The van der Waals surface area contributed by atoms with Gasteiger partial charge in [-0.15, -0.1) is 34.4 Å². The van der Waals surface area contributed by atoms with Crippen LogP contribution < -0.4 is 0 Å². The number of unbranched alkanes of at least 4 members (excludes halogenated alkanes) is 4. The van der Waals surface area contributed by atoms with Crippen LogP contribution in [0.1, 0.15) is 65.2 Å². The minimum absolute atomic E-state index is 0.889. The highest BCUT2D eigenvalue weighted by atomic mass is 32.2. The number of rotatable bonds is 12. The standard InChI is InChI=1S/C19H29NS3/c1-3-5-7-8-10-16(9-6-4-2)14-22-17-13-18(23-15-17)19-20-11-12-21-19/h11-13,15-16H,3-10,14H2,1-2H3. The smallest absolute Gasteiger partial charge is 0.133 e. The van der Waals surface area contributed by atoms with Crippen molar-refractivity contribution in [3.05, 3.63) is 23.0 Å². The monoisotopic (exact) mass is 367 g/mol. The fourth-order valence-electron chi connectivity index (χ4n) is 2.73. The lowest BCUT2D eigenvalue weighted by atomic mass is 9.97. The normalized spacial score (nSPS) is 12.6. The SMILES string of the molecule is CCCCCCC(CCCC)CSc1csc(-c2nccs2)c1. The van der Waals surface area contributed by atoms with E-state index in [2.05, 4.69) is 35.7 Å². The number of hydrogen-bond acceptors (Lipinski definition) is 4. The summed E-state index contributed by atoms with van der Waals surface area (Å²) in [4.78, 5) is 7.15. The van der Waals surface area contributed by atoms with Crippen LogP contribution in [0.5, 0.6) is 0 Å². The Morgan fingerprint density at radius 1 is 1.04 bits per heavy atom. The van der Waals surface area contributed by atoms with Crippen molar-refractivity contribution in [1.29, 1.82) is 0 Å². The van der Waals surface area contributed by atoms with Gasteiger partial charge in [0, 0.05) is 27.6 Å². The van der Waals surface area contributed by atoms with E-state index in [1.54, 1.807) is 11.3 Å². The number of thioether (sulfide) groups is 1. The topological polar surface area (TPSA) is 12.9 Å². The molecule has 0 spiro atoms. The second-order valence-corrected chi connectivity index (χ2v) is 9.05. The van der Waals surface area contributed by atoms with Crippen molar-refractivity contribution in [2.45, 2.75) is 70.1 Å². The van der Waals surface area contributed by atoms with E-state index in [0.29, 0.717) is 0 Å². The quantitative estimate of drug-likeness (QED) is 0.281. The molecule has 2 aromatic heterocycles. The molecule has 23 heavy (non-hydrogen) atoms. The highest BCUT2D eigenvalue weighted by molar-refractivity contribution is 7.99. The lowest BCUT2D eigenvalue weighted by Gasteiger charge is -2.15. The van der Waals surface area contributed by atoms with Gasteiger partial charge in [0.2, 0.25) is 0 Å². The van der Waals surface area contributed by atoms with Crippen LogP contribution in [-0.2, 0) is 0 Å². The molecule has 0 saturated carbocycles. The molecular weight excluding hydrogens is 338 g/mol. The number of aromatic nitrogens is 1. The van der Waals surface area contributed by atoms with Crippen molar-refractivity contribution in [2.24, 2.45) is 5.92 Å². The van der Waals surface area contributed by atoms with Gasteiger partial charge in [0.25, 0.3) is 0 Å². The maximum absolute atomic E-state index is 4.41. The third-order valence-corrected chi connectivity index (χ3v) is 7.36. The molecule has 1 unspecified atom stereocenters. The second-order valence-electron chi connectivity index (χ2n) is 6.15. The number of thiophene rings is 1. The Labute approximate surface area is 153 Å².